The van der Waals surface area contributed by atoms with Gasteiger partial charge in [-0.2, -0.15) is 0 Å². The number of carbonyl (C=O) groups excluding carboxylic acids is 5. The Bertz CT molecular complexity index is 1480. The van der Waals surface area contributed by atoms with Gasteiger partial charge in [0, 0.05) is 18.0 Å². The van der Waals surface area contributed by atoms with Gasteiger partial charge in [0.1, 0.15) is 11.5 Å². The molecule has 0 radical (unpaired) electrons. The summed E-state index contributed by atoms with van der Waals surface area (Å²) in [6, 6.07) is 7.27. The zero-order valence-corrected chi connectivity index (χ0v) is 22.3. The zero-order valence-electron chi connectivity index (χ0n) is 22.3. The molecule has 3 aliphatic carbocycles. The van der Waals surface area contributed by atoms with Gasteiger partial charge in [-0.25, -0.2) is 0 Å². The summed E-state index contributed by atoms with van der Waals surface area (Å²) in [5, 5.41) is 22.4. The van der Waals surface area contributed by atoms with Crippen molar-refractivity contribution in [2.24, 2.45) is 35.1 Å². The highest BCUT2D eigenvalue weighted by Gasteiger charge is 2.69. The van der Waals surface area contributed by atoms with Gasteiger partial charge in [0.25, 0.3) is 0 Å². The summed E-state index contributed by atoms with van der Waals surface area (Å²) in [5.74, 6) is -10.2. The lowest BCUT2D eigenvalue weighted by Crippen LogP contribution is -2.74. The SMILES string of the molecule is COc1ccc(-c2ccc(O)c3c2CC2CC4C(N(C)C)C(=O)C(C(N)=O)C(=O)C4(O)C(=O)C2C3=O)cc1CN. The highest BCUT2D eigenvalue weighted by molar-refractivity contribution is 6.32. The van der Waals surface area contributed by atoms with E-state index in [9.17, 15) is 34.2 Å². The van der Waals surface area contributed by atoms with E-state index in [2.05, 4.69) is 0 Å². The molecule has 1 amide bonds. The van der Waals surface area contributed by atoms with E-state index < -0.39 is 64.4 Å². The molecule has 11 nitrogen and oxygen atoms in total. The van der Waals surface area contributed by atoms with E-state index >= 15 is 0 Å². The average molecular weight is 550 g/mol. The number of rotatable bonds is 5. The van der Waals surface area contributed by atoms with Crippen LogP contribution in [-0.4, -0.2) is 77.0 Å². The Kier molecular flexibility index (Phi) is 6.64. The van der Waals surface area contributed by atoms with Crippen molar-refractivity contribution in [3.05, 3.63) is 47.0 Å². The van der Waals surface area contributed by atoms with Crippen LogP contribution in [0.1, 0.15) is 27.9 Å². The third kappa shape index (κ3) is 3.72. The van der Waals surface area contributed by atoms with E-state index in [4.69, 9.17) is 16.2 Å². The molecule has 2 fully saturated rings. The van der Waals surface area contributed by atoms with Crippen molar-refractivity contribution >= 4 is 29.0 Å². The molecular weight excluding hydrogens is 518 g/mol. The molecule has 2 aromatic rings. The number of phenolic OH excluding ortho intramolecular Hbond substituents is 1. The van der Waals surface area contributed by atoms with Crippen molar-refractivity contribution < 1.29 is 38.9 Å². The molecule has 2 saturated carbocycles. The number of likely N-dealkylation sites (N-methyl/N-ethyl adjacent to an activating group) is 1. The molecule has 5 rings (SSSR count). The van der Waals surface area contributed by atoms with Crippen LogP contribution in [0, 0.1) is 23.7 Å². The number of phenols is 1. The fourth-order valence-corrected chi connectivity index (χ4v) is 6.98. The molecule has 11 heteroatoms. The van der Waals surface area contributed by atoms with E-state index in [0.29, 0.717) is 16.9 Å². The maximum atomic E-state index is 13.9. The first-order valence-corrected chi connectivity index (χ1v) is 12.9. The number of carbonyl (C=O) groups is 5. The minimum Gasteiger partial charge on any atom is -0.507 e. The first-order valence-electron chi connectivity index (χ1n) is 12.9. The van der Waals surface area contributed by atoms with Gasteiger partial charge in [0.2, 0.25) is 5.91 Å². The molecule has 0 saturated heterocycles. The van der Waals surface area contributed by atoms with Gasteiger partial charge in [-0.3, -0.25) is 28.9 Å². The van der Waals surface area contributed by atoms with E-state index in [0.717, 1.165) is 11.1 Å². The fraction of sp³-hybridized carbons (Fsp3) is 0.414. The summed E-state index contributed by atoms with van der Waals surface area (Å²) in [6.45, 7) is 0.204. The predicted molar refractivity (Wildman–Crippen MR) is 141 cm³/mol. The number of Topliss-reactive ketones (excluding diaryl/α,β-unsaturated/α-hetero) is 4. The van der Waals surface area contributed by atoms with Crippen LogP contribution in [-0.2, 0) is 32.1 Å². The molecule has 6 unspecified atom stereocenters. The smallest absolute Gasteiger partial charge is 0.235 e. The number of nitrogens with zero attached hydrogens (tertiary/aromatic N) is 1. The van der Waals surface area contributed by atoms with Crippen LogP contribution < -0.4 is 16.2 Å². The first kappa shape index (κ1) is 27.6. The second-order valence-corrected chi connectivity index (χ2v) is 11.0. The number of ether oxygens (including phenoxy) is 1. The number of aliphatic hydroxyl groups is 1. The fourth-order valence-electron chi connectivity index (χ4n) is 6.98. The van der Waals surface area contributed by atoms with Crippen LogP contribution in [0.25, 0.3) is 11.1 Å². The van der Waals surface area contributed by atoms with E-state index in [1.54, 1.807) is 32.3 Å². The molecule has 0 aromatic heterocycles. The number of benzene rings is 2. The third-order valence-electron chi connectivity index (χ3n) is 8.76. The normalized spacial score (nSPS) is 29.6. The molecule has 6 N–H and O–H groups in total. The predicted octanol–water partition coefficient (Wildman–Crippen LogP) is 0.00130. The lowest BCUT2D eigenvalue weighted by atomic mass is 9.52. The standard InChI is InChI=1S/C29H31N3O8/c1-32(2)23-17-10-13-9-16-15(12-4-7-19(40-3)14(8-12)11-30)5-6-18(33)21(16)24(34)20(13)26(36)29(17,39)27(37)22(25(23)35)28(31)38/h4-8,13,17,20,22-23,33,39H,9-11,30H2,1-3H3,(H2,31,38). The molecule has 0 heterocycles. The monoisotopic (exact) mass is 549 g/mol. The van der Waals surface area contributed by atoms with Gasteiger partial charge in [-0.15, -0.1) is 0 Å². The third-order valence-corrected chi connectivity index (χ3v) is 8.76. The molecular formula is C29H31N3O8. The number of nitrogens with two attached hydrogens (primary N) is 2. The van der Waals surface area contributed by atoms with Crippen LogP contribution in [0.3, 0.4) is 0 Å². The number of amides is 1. The minimum absolute atomic E-state index is 0.0182. The van der Waals surface area contributed by atoms with Crippen LogP contribution >= 0.6 is 0 Å². The molecule has 40 heavy (non-hydrogen) atoms. The van der Waals surface area contributed by atoms with Gasteiger partial charge in [0.15, 0.2) is 34.7 Å². The second kappa shape index (κ2) is 9.61. The van der Waals surface area contributed by atoms with Crippen LogP contribution in [0.2, 0.25) is 0 Å². The number of hydrogen-bond acceptors (Lipinski definition) is 10. The molecule has 210 valence electrons. The molecule has 6 atom stereocenters. The van der Waals surface area contributed by atoms with Crippen molar-refractivity contribution in [3.8, 4) is 22.6 Å². The Morgan fingerprint density at radius 1 is 1.12 bits per heavy atom. The maximum Gasteiger partial charge on any atom is 0.235 e. The Balaban J connectivity index is 1.65. The number of ketones is 4. The first-order chi connectivity index (χ1) is 18.9. The Labute approximate surface area is 230 Å². The highest BCUT2D eigenvalue weighted by atomic mass is 16.5. The summed E-state index contributed by atoms with van der Waals surface area (Å²) in [4.78, 5) is 68.0. The lowest BCUT2D eigenvalue weighted by molar-refractivity contribution is -0.181. The quantitative estimate of drug-likeness (QED) is 0.369. The lowest BCUT2D eigenvalue weighted by Gasteiger charge is -2.52. The van der Waals surface area contributed by atoms with Gasteiger partial charge in [-0.05, 0) is 67.7 Å². The average Bonchev–Trinajstić information content (AvgIpc) is 2.90. The largest absolute Gasteiger partial charge is 0.507 e. The van der Waals surface area contributed by atoms with Crippen LogP contribution in [0.5, 0.6) is 11.5 Å². The summed E-state index contributed by atoms with van der Waals surface area (Å²) >= 11 is 0. The summed E-state index contributed by atoms with van der Waals surface area (Å²) < 4.78 is 5.36. The van der Waals surface area contributed by atoms with Crippen molar-refractivity contribution in [1.29, 1.82) is 0 Å². The highest BCUT2D eigenvalue weighted by Crippen LogP contribution is 2.51. The summed E-state index contributed by atoms with van der Waals surface area (Å²) in [7, 11) is 4.62. The van der Waals surface area contributed by atoms with Crippen LogP contribution in [0.4, 0.5) is 0 Å². The molecule has 0 spiro atoms. The number of hydrogen-bond donors (Lipinski definition) is 4. The minimum atomic E-state index is -2.75. The van der Waals surface area contributed by atoms with Gasteiger partial charge >= 0.3 is 0 Å². The molecule has 0 aliphatic heterocycles. The molecule has 2 aromatic carbocycles. The van der Waals surface area contributed by atoms with Crippen molar-refractivity contribution in [2.45, 2.75) is 31.0 Å². The van der Waals surface area contributed by atoms with E-state index in [-0.39, 0.29) is 30.7 Å². The second-order valence-electron chi connectivity index (χ2n) is 11.0. The number of aromatic hydroxyl groups is 1. The Hall–Kier alpha value is -3.93. The topological polar surface area (TPSA) is 190 Å². The van der Waals surface area contributed by atoms with E-state index in [1.165, 1.54) is 18.1 Å². The van der Waals surface area contributed by atoms with Gasteiger partial charge < -0.3 is 26.4 Å². The maximum absolute atomic E-state index is 13.9. The number of primary amides is 1. The number of fused-ring (bicyclic) bond motifs is 3. The van der Waals surface area contributed by atoms with Crippen molar-refractivity contribution in [3.63, 3.8) is 0 Å². The molecule has 0 bridgehead atoms. The Morgan fingerprint density at radius 2 is 1.82 bits per heavy atom. The van der Waals surface area contributed by atoms with Gasteiger partial charge in [-0.1, -0.05) is 12.1 Å². The summed E-state index contributed by atoms with van der Waals surface area (Å²) in [5.41, 5.74) is 11.1. The Morgan fingerprint density at radius 3 is 2.42 bits per heavy atom. The molecule has 3 aliphatic rings. The van der Waals surface area contributed by atoms with Crippen LogP contribution in [0.15, 0.2) is 30.3 Å². The zero-order chi connectivity index (χ0) is 29.3. The van der Waals surface area contributed by atoms with Crippen molar-refractivity contribution in [1.82, 2.24) is 4.90 Å². The van der Waals surface area contributed by atoms with E-state index in [1.807, 2.05) is 6.07 Å². The number of methoxy groups -OCH3 is 1. The summed E-state index contributed by atoms with van der Waals surface area (Å²) in [6.07, 6.45) is 0.148. The van der Waals surface area contributed by atoms with Gasteiger partial charge in [0.05, 0.1) is 24.6 Å². The van der Waals surface area contributed by atoms with Crippen molar-refractivity contribution in [2.75, 3.05) is 21.2 Å².